The van der Waals surface area contributed by atoms with Crippen molar-refractivity contribution >= 4 is 17.2 Å². The van der Waals surface area contributed by atoms with E-state index in [2.05, 4.69) is 36.2 Å². The van der Waals surface area contributed by atoms with Crippen LogP contribution in [0.3, 0.4) is 0 Å². The topological polar surface area (TPSA) is 73.2 Å². The van der Waals surface area contributed by atoms with Crippen LogP contribution in [0.4, 0.5) is 11.5 Å². The molecular formula is C24H31N5O3. The largest absolute Gasteiger partial charge is 0.497 e. The van der Waals surface area contributed by atoms with Gasteiger partial charge >= 0.3 is 0 Å². The Morgan fingerprint density at radius 3 is 2.75 bits per heavy atom. The second-order valence-corrected chi connectivity index (χ2v) is 8.67. The van der Waals surface area contributed by atoms with Gasteiger partial charge in [-0.05, 0) is 43.5 Å². The molecule has 1 aromatic carbocycles. The van der Waals surface area contributed by atoms with Crippen molar-refractivity contribution in [1.82, 2.24) is 14.6 Å². The number of methoxy groups -OCH3 is 3. The lowest BCUT2D eigenvalue weighted by atomic mass is 10.0. The first-order valence-electron chi connectivity index (χ1n) is 11.1. The first kappa shape index (κ1) is 21.0. The van der Waals surface area contributed by atoms with Gasteiger partial charge in [-0.1, -0.05) is 6.07 Å². The van der Waals surface area contributed by atoms with E-state index in [0.717, 1.165) is 76.9 Å². The van der Waals surface area contributed by atoms with Crippen molar-refractivity contribution in [1.29, 1.82) is 0 Å². The van der Waals surface area contributed by atoms with Crippen LogP contribution in [0.5, 0.6) is 5.75 Å². The zero-order valence-corrected chi connectivity index (χ0v) is 19.4. The highest BCUT2D eigenvalue weighted by atomic mass is 16.5. The zero-order chi connectivity index (χ0) is 22.4. The van der Waals surface area contributed by atoms with Gasteiger partial charge in [0, 0.05) is 39.3 Å². The Labute approximate surface area is 188 Å². The van der Waals surface area contributed by atoms with E-state index in [9.17, 15) is 0 Å². The number of anilines is 2. The standard InChI is InChI=1S/C24H31N5O3/c1-14-10-17(31-4)6-7-19(14)21-15(2)27-29-23(21)26-20-8-9-25-22(20)24(29)28-12-18(32-5)11-16(28)13-30-3/h6-7,10,16,18,25H,8-9,11-13H2,1-5H3/t16-,18+/m0/s1. The van der Waals surface area contributed by atoms with Gasteiger partial charge in [-0.25, -0.2) is 4.98 Å². The average molecular weight is 438 g/mol. The van der Waals surface area contributed by atoms with Crippen molar-refractivity contribution in [2.24, 2.45) is 0 Å². The number of hydrogen-bond acceptors (Lipinski definition) is 7. The molecule has 3 aromatic rings. The number of nitrogens with one attached hydrogen (secondary N) is 1. The van der Waals surface area contributed by atoms with Crippen molar-refractivity contribution in [3.63, 3.8) is 0 Å². The van der Waals surface area contributed by atoms with Crippen molar-refractivity contribution in [2.45, 2.75) is 38.8 Å². The summed E-state index contributed by atoms with van der Waals surface area (Å²) in [4.78, 5) is 7.49. The zero-order valence-electron chi connectivity index (χ0n) is 19.4. The lowest BCUT2D eigenvalue weighted by molar-refractivity contribution is 0.111. The van der Waals surface area contributed by atoms with E-state index in [1.807, 2.05) is 10.6 Å². The fraction of sp³-hybridized carbons (Fsp3) is 0.500. The molecule has 0 radical (unpaired) electrons. The highest BCUT2D eigenvalue weighted by molar-refractivity contribution is 5.86. The maximum absolute atomic E-state index is 5.73. The Morgan fingerprint density at radius 1 is 1.19 bits per heavy atom. The van der Waals surface area contributed by atoms with E-state index < -0.39 is 0 Å². The summed E-state index contributed by atoms with van der Waals surface area (Å²) in [5.74, 6) is 1.91. The van der Waals surface area contributed by atoms with Gasteiger partial charge in [0.15, 0.2) is 11.5 Å². The van der Waals surface area contributed by atoms with Gasteiger partial charge in [-0.2, -0.15) is 9.61 Å². The molecule has 4 heterocycles. The number of benzene rings is 1. The van der Waals surface area contributed by atoms with Crippen LogP contribution >= 0.6 is 0 Å². The molecule has 1 saturated heterocycles. The van der Waals surface area contributed by atoms with Crippen molar-refractivity contribution in [3.05, 3.63) is 35.2 Å². The predicted octanol–water partition coefficient (Wildman–Crippen LogP) is 3.23. The summed E-state index contributed by atoms with van der Waals surface area (Å²) in [6, 6.07) is 6.39. The summed E-state index contributed by atoms with van der Waals surface area (Å²) in [6.07, 6.45) is 1.99. The number of rotatable bonds is 6. The number of nitrogens with zero attached hydrogens (tertiary/aromatic N) is 4. The first-order valence-corrected chi connectivity index (χ1v) is 11.1. The second-order valence-electron chi connectivity index (χ2n) is 8.67. The minimum Gasteiger partial charge on any atom is -0.497 e. The fourth-order valence-corrected chi connectivity index (χ4v) is 5.13. The molecule has 170 valence electrons. The molecule has 0 unspecified atom stereocenters. The first-order chi connectivity index (χ1) is 15.5. The molecule has 2 atom stereocenters. The maximum Gasteiger partial charge on any atom is 0.165 e. The van der Waals surface area contributed by atoms with Gasteiger partial charge in [0.2, 0.25) is 0 Å². The van der Waals surface area contributed by atoms with Crippen LogP contribution in [0.2, 0.25) is 0 Å². The molecule has 0 amide bonds. The monoisotopic (exact) mass is 437 g/mol. The molecule has 8 heteroatoms. The summed E-state index contributed by atoms with van der Waals surface area (Å²) in [6.45, 7) is 6.49. The number of ether oxygens (including phenoxy) is 3. The third kappa shape index (κ3) is 3.29. The minimum absolute atomic E-state index is 0.162. The van der Waals surface area contributed by atoms with Crippen molar-refractivity contribution in [2.75, 3.05) is 51.2 Å². The predicted molar refractivity (Wildman–Crippen MR) is 125 cm³/mol. The van der Waals surface area contributed by atoms with Crippen LogP contribution in [0.25, 0.3) is 16.8 Å². The molecule has 5 rings (SSSR count). The van der Waals surface area contributed by atoms with Crippen LogP contribution < -0.4 is 15.0 Å². The van der Waals surface area contributed by atoms with Crippen molar-refractivity contribution in [3.8, 4) is 16.9 Å². The molecule has 0 spiro atoms. The molecule has 8 nitrogen and oxygen atoms in total. The van der Waals surface area contributed by atoms with Gasteiger partial charge in [0.05, 0.1) is 42.9 Å². The van der Waals surface area contributed by atoms with E-state index in [-0.39, 0.29) is 12.1 Å². The highest BCUT2D eigenvalue weighted by Gasteiger charge is 2.37. The Bertz CT molecular complexity index is 1160. The SMILES string of the molecule is COC[C@@H]1C[C@@H](OC)CN1c1c2c(nc3c(-c4ccc(OC)cc4C)c(C)nn13)CCN2. The Hall–Kier alpha value is -2.84. The smallest absolute Gasteiger partial charge is 0.165 e. The molecule has 32 heavy (non-hydrogen) atoms. The van der Waals surface area contributed by atoms with Gasteiger partial charge in [0.25, 0.3) is 0 Å². The van der Waals surface area contributed by atoms with Crippen LogP contribution in [0.15, 0.2) is 18.2 Å². The Kier molecular flexibility index (Phi) is 5.43. The third-order valence-corrected chi connectivity index (χ3v) is 6.70. The molecule has 2 aliphatic rings. The summed E-state index contributed by atoms with van der Waals surface area (Å²) in [5.41, 5.74) is 7.38. The van der Waals surface area contributed by atoms with Crippen LogP contribution in [0, 0.1) is 13.8 Å². The summed E-state index contributed by atoms with van der Waals surface area (Å²) < 4.78 is 18.7. The lowest BCUT2D eigenvalue weighted by Crippen LogP contribution is -2.35. The van der Waals surface area contributed by atoms with Gasteiger partial charge in [-0.15, -0.1) is 0 Å². The number of aromatic nitrogens is 3. The molecule has 0 bridgehead atoms. The number of aryl methyl sites for hydroxylation is 2. The molecule has 0 aliphatic carbocycles. The number of hydrogen-bond donors (Lipinski definition) is 1. The normalized spacial score (nSPS) is 20.1. The molecule has 2 aliphatic heterocycles. The Balaban J connectivity index is 1.72. The van der Waals surface area contributed by atoms with Crippen LogP contribution in [-0.2, 0) is 15.9 Å². The quantitative estimate of drug-likeness (QED) is 0.635. The van der Waals surface area contributed by atoms with E-state index in [4.69, 9.17) is 24.3 Å². The average Bonchev–Trinajstić information content (AvgIpc) is 3.49. The van der Waals surface area contributed by atoms with Crippen molar-refractivity contribution < 1.29 is 14.2 Å². The van der Waals surface area contributed by atoms with Gasteiger partial charge in [-0.3, -0.25) is 0 Å². The summed E-state index contributed by atoms with van der Waals surface area (Å²) >= 11 is 0. The van der Waals surface area contributed by atoms with Crippen LogP contribution in [0.1, 0.15) is 23.4 Å². The van der Waals surface area contributed by atoms with E-state index in [1.165, 1.54) is 0 Å². The van der Waals surface area contributed by atoms with Gasteiger partial charge < -0.3 is 24.4 Å². The highest BCUT2D eigenvalue weighted by Crippen LogP contribution is 2.41. The third-order valence-electron chi connectivity index (χ3n) is 6.70. The lowest BCUT2D eigenvalue weighted by Gasteiger charge is -2.28. The maximum atomic E-state index is 5.73. The van der Waals surface area contributed by atoms with Gasteiger partial charge in [0.1, 0.15) is 5.75 Å². The van der Waals surface area contributed by atoms with Crippen LogP contribution in [-0.4, -0.2) is 67.8 Å². The molecule has 1 N–H and O–H groups in total. The summed E-state index contributed by atoms with van der Waals surface area (Å²) in [5, 5.41) is 8.57. The minimum atomic E-state index is 0.162. The van der Waals surface area contributed by atoms with E-state index in [0.29, 0.717) is 6.61 Å². The van der Waals surface area contributed by atoms with E-state index in [1.54, 1.807) is 21.3 Å². The number of fused-ring (bicyclic) bond motifs is 2. The van der Waals surface area contributed by atoms with E-state index >= 15 is 0 Å². The summed E-state index contributed by atoms with van der Waals surface area (Å²) in [7, 11) is 5.23. The Morgan fingerprint density at radius 2 is 2.03 bits per heavy atom. The molecule has 1 fully saturated rings. The molecule has 2 aromatic heterocycles. The molecular weight excluding hydrogens is 406 g/mol. The second kappa shape index (κ2) is 8.26. The molecule has 0 saturated carbocycles. The fourth-order valence-electron chi connectivity index (χ4n) is 5.13.